The van der Waals surface area contributed by atoms with Gasteiger partial charge in [-0.3, -0.25) is 9.59 Å². The maximum absolute atomic E-state index is 13.3. The highest BCUT2D eigenvalue weighted by Crippen LogP contribution is 2.34. The van der Waals surface area contributed by atoms with Crippen LogP contribution in [0.5, 0.6) is 0 Å². The lowest BCUT2D eigenvalue weighted by Gasteiger charge is -2.38. The van der Waals surface area contributed by atoms with E-state index >= 15 is 0 Å². The zero-order valence-corrected chi connectivity index (χ0v) is 17.3. The van der Waals surface area contributed by atoms with Crippen molar-refractivity contribution in [3.8, 4) is 0 Å². The van der Waals surface area contributed by atoms with E-state index in [0.717, 1.165) is 18.4 Å². The van der Waals surface area contributed by atoms with Crippen LogP contribution in [0.1, 0.15) is 18.4 Å². The molecule has 30 heavy (non-hydrogen) atoms. The molecular weight excluding hydrogens is 410 g/mol. The Hall–Kier alpha value is -2.45. The molecule has 0 bridgehead atoms. The van der Waals surface area contributed by atoms with Gasteiger partial charge in [0.2, 0.25) is 11.8 Å². The first-order valence-corrected chi connectivity index (χ1v) is 10.9. The largest absolute Gasteiger partial charge is 0.381 e. The highest BCUT2D eigenvalue weighted by atomic mass is 32.2. The number of rotatable bonds is 8. The van der Waals surface area contributed by atoms with Gasteiger partial charge in [0.05, 0.1) is 11.5 Å². The topological polar surface area (TPSA) is 67.4 Å². The van der Waals surface area contributed by atoms with Crippen molar-refractivity contribution in [2.24, 2.45) is 0 Å². The molecule has 2 aromatic rings. The number of amides is 2. The standard InChI is InChI=1S/C22H24F2N2O3S/c23-17-3-1-16(2-4-17)22(9-11-29-12-10-22)15-25-20(27)13-30-14-21(28)26-19-7-5-18(24)6-8-19/h1-8H,9-15H2,(H,25,27)(H,26,28). The smallest absolute Gasteiger partial charge is 0.234 e. The molecule has 1 aliphatic heterocycles. The van der Waals surface area contributed by atoms with Crippen LogP contribution in [0, 0.1) is 11.6 Å². The van der Waals surface area contributed by atoms with Crippen LogP contribution in [0.3, 0.4) is 0 Å². The normalized spacial score (nSPS) is 15.4. The maximum Gasteiger partial charge on any atom is 0.234 e. The molecule has 2 aromatic carbocycles. The van der Waals surface area contributed by atoms with E-state index in [0.29, 0.717) is 25.4 Å². The Balaban J connectivity index is 1.45. The molecule has 160 valence electrons. The van der Waals surface area contributed by atoms with Gasteiger partial charge in [-0.05, 0) is 54.8 Å². The summed E-state index contributed by atoms with van der Waals surface area (Å²) < 4.78 is 31.7. The van der Waals surface area contributed by atoms with Crippen LogP contribution in [0.4, 0.5) is 14.5 Å². The van der Waals surface area contributed by atoms with Gasteiger partial charge in [-0.25, -0.2) is 8.78 Å². The SMILES string of the molecule is O=C(CSCC(=O)Nc1ccc(F)cc1)NCC1(c2ccc(F)cc2)CCOCC1. The van der Waals surface area contributed by atoms with Crippen LogP contribution in [-0.4, -0.2) is 43.1 Å². The Labute approximate surface area is 178 Å². The summed E-state index contributed by atoms with van der Waals surface area (Å²) in [5.74, 6) is -0.828. The Morgan fingerprint density at radius 2 is 1.47 bits per heavy atom. The summed E-state index contributed by atoms with van der Waals surface area (Å²) in [5, 5.41) is 5.61. The van der Waals surface area contributed by atoms with Crippen molar-refractivity contribution in [2.45, 2.75) is 18.3 Å². The zero-order chi connectivity index (χ0) is 21.4. The Morgan fingerprint density at radius 1 is 0.900 bits per heavy atom. The third kappa shape index (κ3) is 6.27. The second-order valence-corrected chi connectivity index (χ2v) is 8.21. The van der Waals surface area contributed by atoms with Crippen LogP contribution in [0.25, 0.3) is 0 Å². The first-order valence-electron chi connectivity index (χ1n) is 9.70. The number of benzene rings is 2. The van der Waals surface area contributed by atoms with Crippen molar-refractivity contribution in [1.29, 1.82) is 0 Å². The van der Waals surface area contributed by atoms with E-state index in [9.17, 15) is 18.4 Å². The van der Waals surface area contributed by atoms with Crippen LogP contribution in [-0.2, 0) is 19.7 Å². The number of hydrogen-bond donors (Lipinski definition) is 2. The molecule has 3 rings (SSSR count). The van der Waals surface area contributed by atoms with Crippen molar-refractivity contribution >= 4 is 29.3 Å². The average molecular weight is 435 g/mol. The van der Waals surface area contributed by atoms with Crippen molar-refractivity contribution in [3.63, 3.8) is 0 Å². The average Bonchev–Trinajstić information content (AvgIpc) is 2.75. The van der Waals surface area contributed by atoms with Gasteiger partial charge in [0, 0.05) is 30.9 Å². The fourth-order valence-corrected chi connectivity index (χ4v) is 4.07. The van der Waals surface area contributed by atoms with Gasteiger partial charge in [0.25, 0.3) is 0 Å². The quantitative estimate of drug-likeness (QED) is 0.667. The first-order chi connectivity index (χ1) is 14.5. The number of halogens is 2. The van der Waals surface area contributed by atoms with Gasteiger partial charge in [-0.15, -0.1) is 11.8 Å². The molecule has 5 nitrogen and oxygen atoms in total. The molecule has 0 saturated carbocycles. The number of ether oxygens (including phenoxy) is 1. The van der Waals surface area contributed by atoms with Gasteiger partial charge < -0.3 is 15.4 Å². The monoisotopic (exact) mass is 434 g/mol. The second-order valence-electron chi connectivity index (χ2n) is 7.22. The third-order valence-electron chi connectivity index (χ3n) is 5.12. The first kappa shape index (κ1) is 22.2. The van der Waals surface area contributed by atoms with Crippen molar-refractivity contribution in [2.75, 3.05) is 36.6 Å². The molecule has 1 fully saturated rings. The van der Waals surface area contributed by atoms with Crippen molar-refractivity contribution < 1.29 is 23.1 Å². The van der Waals surface area contributed by atoms with E-state index in [1.54, 1.807) is 12.1 Å². The summed E-state index contributed by atoms with van der Waals surface area (Å²) >= 11 is 1.20. The predicted octanol–water partition coefficient (Wildman–Crippen LogP) is 3.50. The summed E-state index contributed by atoms with van der Waals surface area (Å²) in [4.78, 5) is 24.2. The number of carbonyl (C=O) groups is 2. The summed E-state index contributed by atoms with van der Waals surface area (Å²) in [6.45, 7) is 1.61. The molecule has 8 heteroatoms. The van der Waals surface area contributed by atoms with Gasteiger partial charge in [-0.1, -0.05) is 12.1 Å². The van der Waals surface area contributed by atoms with E-state index in [1.165, 1.54) is 48.2 Å². The fraction of sp³-hybridized carbons (Fsp3) is 0.364. The number of thioether (sulfide) groups is 1. The zero-order valence-electron chi connectivity index (χ0n) is 16.5. The summed E-state index contributed by atoms with van der Waals surface area (Å²) in [6, 6.07) is 11.9. The van der Waals surface area contributed by atoms with E-state index in [1.807, 2.05) is 0 Å². The van der Waals surface area contributed by atoms with Gasteiger partial charge in [-0.2, -0.15) is 0 Å². The van der Waals surface area contributed by atoms with E-state index < -0.39 is 0 Å². The van der Waals surface area contributed by atoms with Crippen LogP contribution in [0.2, 0.25) is 0 Å². The van der Waals surface area contributed by atoms with Crippen LogP contribution < -0.4 is 10.6 Å². The molecular formula is C22H24F2N2O3S. The van der Waals surface area contributed by atoms with Crippen molar-refractivity contribution in [3.05, 3.63) is 65.7 Å². The molecule has 2 N–H and O–H groups in total. The Morgan fingerprint density at radius 3 is 2.10 bits per heavy atom. The maximum atomic E-state index is 13.3. The minimum absolute atomic E-state index is 0.113. The molecule has 0 spiro atoms. The molecule has 0 aliphatic carbocycles. The number of hydrogen-bond acceptors (Lipinski definition) is 4. The fourth-order valence-electron chi connectivity index (χ4n) is 3.42. The molecule has 0 radical (unpaired) electrons. The Kier molecular flexibility index (Phi) is 7.81. The summed E-state index contributed by atoms with van der Waals surface area (Å²) in [5.41, 5.74) is 1.21. The molecule has 0 atom stereocenters. The molecule has 1 heterocycles. The number of carbonyl (C=O) groups excluding carboxylic acids is 2. The lowest BCUT2D eigenvalue weighted by molar-refractivity contribution is -0.119. The summed E-state index contributed by atoms with van der Waals surface area (Å²) in [6.07, 6.45) is 1.48. The van der Waals surface area contributed by atoms with Gasteiger partial charge >= 0.3 is 0 Å². The van der Waals surface area contributed by atoms with E-state index in [-0.39, 0.29) is 40.4 Å². The minimum atomic E-state index is -0.373. The van der Waals surface area contributed by atoms with Gasteiger partial charge in [0.1, 0.15) is 11.6 Å². The lowest BCUT2D eigenvalue weighted by atomic mass is 9.74. The van der Waals surface area contributed by atoms with Gasteiger partial charge in [0.15, 0.2) is 0 Å². The highest BCUT2D eigenvalue weighted by molar-refractivity contribution is 8.00. The minimum Gasteiger partial charge on any atom is -0.381 e. The second kappa shape index (κ2) is 10.5. The summed E-state index contributed by atoms with van der Waals surface area (Å²) in [7, 11) is 0. The van der Waals surface area contributed by atoms with Crippen molar-refractivity contribution in [1.82, 2.24) is 5.32 Å². The molecule has 0 aromatic heterocycles. The van der Waals surface area contributed by atoms with Crippen LogP contribution in [0.15, 0.2) is 48.5 Å². The van der Waals surface area contributed by atoms with E-state index in [4.69, 9.17) is 4.74 Å². The van der Waals surface area contributed by atoms with E-state index in [2.05, 4.69) is 10.6 Å². The third-order valence-corrected chi connectivity index (χ3v) is 6.06. The highest BCUT2D eigenvalue weighted by Gasteiger charge is 2.34. The van der Waals surface area contributed by atoms with Crippen LogP contribution >= 0.6 is 11.8 Å². The molecule has 0 unspecified atom stereocenters. The Bertz CT molecular complexity index is 854. The molecule has 1 aliphatic rings. The molecule has 1 saturated heterocycles. The molecule has 2 amide bonds. The number of anilines is 1. The predicted molar refractivity (Wildman–Crippen MR) is 113 cm³/mol. The number of nitrogens with one attached hydrogen (secondary N) is 2. The lowest BCUT2D eigenvalue weighted by Crippen LogP contribution is -2.45.